The number of carboxylic acids is 1. The van der Waals surface area contributed by atoms with E-state index in [4.69, 9.17) is 18.9 Å². The van der Waals surface area contributed by atoms with Gasteiger partial charge in [-0.1, -0.05) is 39.0 Å². The van der Waals surface area contributed by atoms with E-state index in [1.54, 1.807) is 32.8 Å². The van der Waals surface area contributed by atoms with Crippen LogP contribution in [0.25, 0.3) is 0 Å². The summed E-state index contributed by atoms with van der Waals surface area (Å²) in [6.45, 7) is 6.52. The number of nitrogens with zero attached hydrogens (tertiary/aromatic N) is 2. The van der Waals surface area contributed by atoms with Crippen LogP contribution < -0.4 is 5.32 Å². The Hall–Kier alpha value is -3.70. The molecule has 2 saturated heterocycles. The molecule has 0 aromatic carbocycles. The van der Waals surface area contributed by atoms with E-state index in [0.717, 1.165) is 12.8 Å². The SMILES string of the molecule is COC1=C2OCC=CCCCCOC(=O)NC(C(C)(C)C)C(=O)N3CC(CC3C(=O)O)OC(=O)N3CC(C=C1)C2C3. The topological polar surface area (TPSA) is 144 Å². The average Bonchev–Trinajstić information content (AvgIpc) is 3.54. The molecule has 3 aliphatic heterocycles. The number of carboxylic acid groups (broad SMARTS) is 1. The molecule has 226 valence electrons. The minimum Gasteiger partial charge on any atom is -0.493 e. The highest BCUT2D eigenvalue weighted by molar-refractivity contribution is 5.90. The number of carbonyl (C=O) groups excluding carboxylic acids is 3. The molecule has 3 amide bonds. The predicted molar refractivity (Wildman–Crippen MR) is 146 cm³/mol. The quantitative estimate of drug-likeness (QED) is 0.475. The van der Waals surface area contributed by atoms with Gasteiger partial charge in [-0.3, -0.25) is 4.79 Å². The molecule has 0 radical (unpaired) electrons. The molecule has 4 bridgehead atoms. The van der Waals surface area contributed by atoms with Crippen LogP contribution >= 0.6 is 0 Å². The molecule has 12 heteroatoms. The van der Waals surface area contributed by atoms with Crippen LogP contribution in [0.4, 0.5) is 9.59 Å². The maximum atomic E-state index is 13.6. The number of alkyl carbamates (subject to hydrolysis) is 1. The number of cyclic esters (lactones) is 1. The first-order valence-electron chi connectivity index (χ1n) is 14.2. The molecule has 3 heterocycles. The lowest BCUT2D eigenvalue weighted by atomic mass is 9.85. The van der Waals surface area contributed by atoms with Crippen molar-refractivity contribution >= 4 is 24.1 Å². The number of amides is 3. The summed E-state index contributed by atoms with van der Waals surface area (Å²) in [6.07, 6.45) is 7.79. The largest absolute Gasteiger partial charge is 0.493 e. The third-order valence-electron chi connectivity index (χ3n) is 7.89. The molecule has 0 aromatic heterocycles. The number of rotatable bonds is 2. The zero-order valence-corrected chi connectivity index (χ0v) is 24.2. The molecule has 0 saturated carbocycles. The van der Waals surface area contributed by atoms with Gasteiger partial charge in [0.1, 0.15) is 30.6 Å². The van der Waals surface area contributed by atoms with Crippen molar-refractivity contribution in [1.82, 2.24) is 15.1 Å². The Morgan fingerprint density at radius 2 is 1.88 bits per heavy atom. The molecule has 2 fully saturated rings. The van der Waals surface area contributed by atoms with Crippen LogP contribution in [-0.4, -0.2) is 97.1 Å². The number of hydrogen-bond donors (Lipinski definition) is 2. The van der Waals surface area contributed by atoms with E-state index < -0.39 is 47.7 Å². The standard InChI is InChI=1S/C29H41N3O9/c1-29(2,3)24-25(33)32-16-19(14-21(32)26(34)35)41-28(37)31-15-18-10-11-22(38-4)23(20(18)17-31)39-12-8-6-5-7-9-13-40-27(36)30-24/h6,8,10-11,18-21,24H,5,7,9,12-17H2,1-4H3,(H,30,36)(H,34,35). The second-order valence-corrected chi connectivity index (χ2v) is 11.9. The number of carbonyl (C=O) groups is 4. The number of hydrogen-bond acceptors (Lipinski definition) is 8. The lowest BCUT2D eigenvalue weighted by Gasteiger charge is -2.34. The second-order valence-electron chi connectivity index (χ2n) is 11.9. The van der Waals surface area contributed by atoms with Crippen molar-refractivity contribution in [3.8, 4) is 0 Å². The number of fused-ring (bicyclic) bond motifs is 3. The van der Waals surface area contributed by atoms with Gasteiger partial charge in [-0.2, -0.15) is 0 Å². The Morgan fingerprint density at radius 3 is 2.59 bits per heavy atom. The first-order chi connectivity index (χ1) is 19.5. The monoisotopic (exact) mass is 575 g/mol. The molecule has 12 nitrogen and oxygen atoms in total. The van der Waals surface area contributed by atoms with Crippen LogP contribution in [0.5, 0.6) is 0 Å². The minimum absolute atomic E-state index is 0.0200. The Morgan fingerprint density at radius 1 is 1.10 bits per heavy atom. The van der Waals surface area contributed by atoms with E-state index in [1.807, 2.05) is 24.3 Å². The molecule has 4 rings (SSSR count). The molecule has 1 aliphatic carbocycles. The van der Waals surface area contributed by atoms with Gasteiger partial charge in [-0.05, 0) is 30.8 Å². The number of methoxy groups -OCH3 is 1. The molecule has 2 N–H and O–H groups in total. The third kappa shape index (κ3) is 7.15. The van der Waals surface area contributed by atoms with E-state index in [9.17, 15) is 24.3 Å². The fraction of sp³-hybridized carbons (Fsp3) is 0.655. The van der Waals surface area contributed by atoms with Crippen molar-refractivity contribution in [2.24, 2.45) is 17.3 Å². The van der Waals surface area contributed by atoms with Gasteiger partial charge in [0.15, 0.2) is 5.76 Å². The summed E-state index contributed by atoms with van der Waals surface area (Å²) in [7, 11) is 1.58. The summed E-state index contributed by atoms with van der Waals surface area (Å²) < 4.78 is 22.7. The van der Waals surface area contributed by atoms with Gasteiger partial charge in [0.25, 0.3) is 0 Å². The summed E-state index contributed by atoms with van der Waals surface area (Å²) in [5, 5.41) is 12.5. The van der Waals surface area contributed by atoms with E-state index in [1.165, 1.54) is 4.90 Å². The van der Waals surface area contributed by atoms with Crippen LogP contribution in [0.3, 0.4) is 0 Å². The summed E-state index contributed by atoms with van der Waals surface area (Å²) in [6, 6.07) is -2.24. The molecule has 41 heavy (non-hydrogen) atoms. The van der Waals surface area contributed by atoms with Crippen molar-refractivity contribution in [2.75, 3.05) is 40.0 Å². The molecule has 5 atom stereocenters. The lowest BCUT2D eigenvalue weighted by Crippen LogP contribution is -2.57. The van der Waals surface area contributed by atoms with Crippen molar-refractivity contribution in [3.63, 3.8) is 0 Å². The van der Waals surface area contributed by atoms with Gasteiger partial charge in [0.05, 0.1) is 20.3 Å². The van der Waals surface area contributed by atoms with Crippen LogP contribution in [0.1, 0.15) is 46.5 Å². The summed E-state index contributed by atoms with van der Waals surface area (Å²) in [4.78, 5) is 54.3. The van der Waals surface area contributed by atoms with E-state index in [0.29, 0.717) is 37.6 Å². The number of allylic oxidation sites excluding steroid dienone is 2. The first-order valence-corrected chi connectivity index (χ1v) is 14.2. The summed E-state index contributed by atoms with van der Waals surface area (Å²) >= 11 is 0. The zero-order valence-electron chi connectivity index (χ0n) is 24.2. The van der Waals surface area contributed by atoms with E-state index in [-0.39, 0.29) is 31.4 Å². The smallest absolute Gasteiger partial charge is 0.410 e. The normalized spacial score (nSPS) is 30.0. The Labute approximate surface area is 240 Å². The molecule has 4 aliphatic rings. The summed E-state index contributed by atoms with van der Waals surface area (Å²) in [5.41, 5.74) is -0.736. The fourth-order valence-corrected chi connectivity index (χ4v) is 5.68. The van der Waals surface area contributed by atoms with E-state index >= 15 is 0 Å². The van der Waals surface area contributed by atoms with Gasteiger partial charge in [0.2, 0.25) is 5.91 Å². The summed E-state index contributed by atoms with van der Waals surface area (Å²) in [5.74, 6) is -0.561. The van der Waals surface area contributed by atoms with Crippen LogP contribution in [0.15, 0.2) is 35.8 Å². The Balaban J connectivity index is 1.56. The van der Waals surface area contributed by atoms with Crippen LogP contribution in [0, 0.1) is 17.3 Å². The fourth-order valence-electron chi connectivity index (χ4n) is 5.68. The number of ether oxygens (including phenoxy) is 4. The maximum Gasteiger partial charge on any atom is 0.410 e. The van der Waals surface area contributed by atoms with Crippen molar-refractivity contribution < 1.29 is 43.2 Å². The highest BCUT2D eigenvalue weighted by atomic mass is 16.6. The molecule has 0 aromatic rings. The minimum atomic E-state index is -1.21. The first kappa shape index (κ1) is 30.3. The Kier molecular flexibility index (Phi) is 9.49. The van der Waals surface area contributed by atoms with Gasteiger partial charge in [0, 0.05) is 31.3 Å². The van der Waals surface area contributed by atoms with Crippen LogP contribution in [-0.2, 0) is 28.5 Å². The van der Waals surface area contributed by atoms with Crippen molar-refractivity contribution in [2.45, 2.75) is 64.6 Å². The highest BCUT2D eigenvalue weighted by Gasteiger charge is 2.47. The molecule has 0 spiro atoms. The average molecular weight is 576 g/mol. The second kappa shape index (κ2) is 12.9. The van der Waals surface area contributed by atoms with Crippen LogP contribution in [0.2, 0.25) is 0 Å². The van der Waals surface area contributed by atoms with Gasteiger partial charge >= 0.3 is 18.2 Å². The maximum absolute atomic E-state index is 13.6. The van der Waals surface area contributed by atoms with E-state index in [2.05, 4.69) is 5.32 Å². The van der Waals surface area contributed by atoms with Gasteiger partial charge in [-0.15, -0.1) is 0 Å². The number of nitrogens with one attached hydrogen (secondary N) is 1. The zero-order chi connectivity index (χ0) is 29.7. The molecule has 5 unspecified atom stereocenters. The lowest BCUT2D eigenvalue weighted by molar-refractivity contribution is -0.150. The van der Waals surface area contributed by atoms with Crippen molar-refractivity contribution in [1.29, 1.82) is 0 Å². The molecular weight excluding hydrogens is 534 g/mol. The van der Waals surface area contributed by atoms with Gasteiger partial charge < -0.3 is 39.2 Å². The number of aliphatic carboxylic acids is 1. The molecular formula is C29H41N3O9. The Bertz CT molecular complexity index is 1110. The highest BCUT2D eigenvalue weighted by Crippen LogP contribution is 2.38. The predicted octanol–water partition coefficient (Wildman–Crippen LogP) is 3.05. The van der Waals surface area contributed by atoms with Gasteiger partial charge in [-0.25, -0.2) is 14.4 Å². The third-order valence-corrected chi connectivity index (χ3v) is 7.89. The van der Waals surface area contributed by atoms with Crippen molar-refractivity contribution in [3.05, 3.63) is 35.8 Å².